The van der Waals surface area contributed by atoms with Crippen LogP contribution in [0.5, 0.6) is 0 Å². The van der Waals surface area contributed by atoms with Gasteiger partial charge in [-0.1, -0.05) is 48.5 Å². The summed E-state index contributed by atoms with van der Waals surface area (Å²) in [6, 6.07) is 18.3. The molecule has 2 aromatic rings. The highest BCUT2D eigenvalue weighted by molar-refractivity contribution is 5.96. The molecule has 1 heterocycles. The van der Waals surface area contributed by atoms with Crippen LogP contribution in [-0.4, -0.2) is 17.9 Å². The number of carbonyl (C=O) groups is 2. The molecule has 0 aromatic heterocycles. The quantitative estimate of drug-likeness (QED) is 0.800. The van der Waals surface area contributed by atoms with Crippen LogP contribution in [0.3, 0.4) is 0 Å². The number of aryl methyl sites for hydroxylation is 1. The molecule has 1 aliphatic heterocycles. The Morgan fingerprint density at radius 1 is 1.15 bits per heavy atom. The standard InChI is InChI=1S/C22H26N2O2/c1-16(11-12-17-7-3-2-4-8-17)23-21(25)14-13-19-15-18-9-5-6-10-20(18)24-22(19)26/h2-10,16,19H,11-15H2,1H3,(H,23,25)(H,24,26). The molecule has 0 saturated carbocycles. The lowest BCUT2D eigenvalue weighted by atomic mass is 9.89. The van der Waals surface area contributed by atoms with Gasteiger partial charge in [-0.3, -0.25) is 9.59 Å². The molecular weight excluding hydrogens is 324 g/mol. The number of benzene rings is 2. The van der Waals surface area contributed by atoms with E-state index in [-0.39, 0.29) is 23.8 Å². The lowest BCUT2D eigenvalue weighted by Gasteiger charge is -2.24. The largest absolute Gasteiger partial charge is 0.354 e. The van der Waals surface area contributed by atoms with E-state index in [4.69, 9.17) is 0 Å². The summed E-state index contributed by atoms with van der Waals surface area (Å²) in [6.07, 6.45) is 3.53. The van der Waals surface area contributed by atoms with Crippen molar-refractivity contribution in [3.63, 3.8) is 0 Å². The predicted molar refractivity (Wildman–Crippen MR) is 104 cm³/mol. The molecule has 4 nitrogen and oxygen atoms in total. The molecule has 2 unspecified atom stereocenters. The van der Waals surface area contributed by atoms with Crippen LogP contribution in [0.2, 0.25) is 0 Å². The number of carbonyl (C=O) groups excluding carboxylic acids is 2. The molecule has 0 aliphatic carbocycles. The van der Waals surface area contributed by atoms with Crippen LogP contribution in [0.1, 0.15) is 37.3 Å². The van der Waals surface area contributed by atoms with E-state index >= 15 is 0 Å². The van der Waals surface area contributed by atoms with Crippen LogP contribution < -0.4 is 10.6 Å². The number of fused-ring (bicyclic) bond motifs is 1. The first-order valence-electron chi connectivity index (χ1n) is 9.34. The van der Waals surface area contributed by atoms with Crippen LogP contribution in [0.25, 0.3) is 0 Å². The zero-order valence-corrected chi connectivity index (χ0v) is 15.2. The van der Waals surface area contributed by atoms with Crippen LogP contribution in [-0.2, 0) is 22.4 Å². The van der Waals surface area contributed by atoms with Gasteiger partial charge in [0.25, 0.3) is 0 Å². The molecule has 2 aromatic carbocycles. The Balaban J connectivity index is 1.42. The van der Waals surface area contributed by atoms with Gasteiger partial charge in [-0.15, -0.1) is 0 Å². The molecule has 3 rings (SSSR count). The van der Waals surface area contributed by atoms with E-state index in [1.54, 1.807) is 0 Å². The third-order valence-electron chi connectivity index (χ3n) is 4.95. The minimum Gasteiger partial charge on any atom is -0.354 e. The van der Waals surface area contributed by atoms with Gasteiger partial charge in [0.1, 0.15) is 0 Å². The van der Waals surface area contributed by atoms with Gasteiger partial charge in [-0.2, -0.15) is 0 Å². The van der Waals surface area contributed by atoms with E-state index in [9.17, 15) is 9.59 Å². The number of hydrogen-bond donors (Lipinski definition) is 2. The fraction of sp³-hybridized carbons (Fsp3) is 0.364. The molecule has 0 spiro atoms. The Bertz CT molecular complexity index is 758. The van der Waals surface area contributed by atoms with Gasteiger partial charge < -0.3 is 10.6 Å². The molecule has 1 aliphatic rings. The maximum atomic E-state index is 12.2. The maximum Gasteiger partial charge on any atom is 0.227 e. The summed E-state index contributed by atoms with van der Waals surface area (Å²) < 4.78 is 0. The topological polar surface area (TPSA) is 58.2 Å². The summed E-state index contributed by atoms with van der Waals surface area (Å²) in [5.41, 5.74) is 3.33. The Hall–Kier alpha value is -2.62. The molecule has 2 atom stereocenters. The first kappa shape index (κ1) is 18.2. The van der Waals surface area contributed by atoms with Gasteiger partial charge in [-0.05, 0) is 49.8 Å². The van der Waals surface area contributed by atoms with Crippen molar-refractivity contribution >= 4 is 17.5 Å². The second-order valence-corrected chi connectivity index (χ2v) is 7.08. The molecule has 136 valence electrons. The van der Waals surface area contributed by atoms with Crippen LogP contribution >= 0.6 is 0 Å². The van der Waals surface area contributed by atoms with E-state index in [1.807, 2.05) is 49.4 Å². The number of nitrogens with one attached hydrogen (secondary N) is 2. The van der Waals surface area contributed by atoms with Gasteiger partial charge in [-0.25, -0.2) is 0 Å². The summed E-state index contributed by atoms with van der Waals surface area (Å²) in [5, 5.41) is 6.00. The first-order chi connectivity index (χ1) is 12.6. The summed E-state index contributed by atoms with van der Waals surface area (Å²) in [5.74, 6) is -0.0823. The van der Waals surface area contributed by atoms with Crippen molar-refractivity contribution in [1.82, 2.24) is 5.32 Å². The summed E-state index contributed by atoms with van der Waals surface area (Å²) >= 11 is 0. The zero-order chi connectivity index (χ0) is 18.4. The van der Waals surface area contributed by atoms with Crippen molar-refractivity contribution in [1.29, 1.82) is 0 Å². The third-order valence-corrected chi connectivity index (χ3v) is 4.95. The Labute approximate surface area is 155 Å². The van der Waals surface area contributed by atoms with Gasteiger partial charge in [0.2, 0.25) is 11.8 Å². The van der Waals surface area contributed by atoms with E-state index < -0.39 is 0 Å². The van der Waals surface area contributed by atoms with Gasteiger partial charge in [0.15, 0.2) is 0 Å². The molecule has 26 heavy (non-hydrogen) atoms. The molecule has 0 fully saturated rings. The highest BCUT2D eigenvalue weighted by Gasteiger charge is 2.26. The first-order valence-corrected chi connectivity index (χ1v) is 9.34. The average molecular weight is 350 g/mol. The normalized spacial score (nSPS) is 17.1. The predicted octanol–water partition coefficient (Wildman–Crippen LogP) is 3.72. The second kappa shape index (κ2) is 8.65. The van der Waals surface area contributed by atoms with Crippen LogP contribution in [0, 0.1) is 5.92 Å². The molecule has 2 amide bonds. The van der Waals surface area contributed by atoms with Crippen molar-refractivity contribution in [2.24, 2.45) is 5.92 Å². The SMILES string of the molecule is CC(CCc1ccccc1)NC(=O)CCC1Cc2ccccc2NC1=O. The van der Waals surface area contributed by atoms with Crippen molar-refractivity contribution in [2.45, 2.75) is 45.1 Å². The number of amides is 2. The molecular formula is C22H26N2O2. The number of hydrogen-bond acceptors (Lipinski definition) is 2. The maximum absolute atomic E-state index is 12.2. The molecule has 0 radical (unpaired) electrons. The molecule has 0 bridgehead atoms. The van der Waals surface area contributed by atoms with Gasteiger partial charge in [0.05, 0.1) is 0 Å². The molecule has 4 heteroatoms. The fourth-order valence-electron chi connectivity index (χ4n) is 3.40. The van der Waals surface area contributed by atoms with E-state index in [1.165, 1.54) is 5.56 Å². The number of rotatable bonds is 7. The van der Waals surface area contributed by atoms with E-state index in [0.717, 1.165) is 24.1 Å². The molecule has 2 N–H and O–H groups in total. The average Bonchev–Trinajstić information content (AvgIpc) is 2.65. The third kappa shape index (κ3) is 4.94. The minimum atomic E-state index is -0.129. The van der Waals surface area contributed by atoms with Crippen molar-refractivity contribution in [2.75, 3.05) is 5.32 Å². The van der Waals surface area contributed by atoms with Crippen LogP contribution in [0.4, 0.5) is 5.69 Å². The highest BCUT2D eigenvalue weighted by Crippen LogP contribution is 2.27. The molecule has 0 saturated heterocycles. The number of para-hydroxylation sites is 1. The lowest BCUT2D eigenvalue weighted by Crippen LogP contribution is -2.35. The van der Waals surface area contributed by atoms with E-state index in [2.05, 4.69) is 22.8 Å². The smallest absolute Gasteiger partial charge is 0.227 e. The Morgan fingerprint density at radius 2 is 1.88 bits per heavy atom. The van der Waals surface area contributed by atoms with Gasteiger partial charge >= 0.3 is 0 Å². The Kier molecular flexibility index (Phi) is 6.05. The van der Waals surface area contributed by atoms with Gasteiger partial charge in [0, 0.05) is 24.1 Å². The fourth-order valence-corrected chi connectivity index (χ4v) is 3.40. The summed E-state index contributed by atoms with van der Waals surface area (Å²) in [6.45, 7) is 2.03. The monoisotopic (exact) mass is 350 g/mol. The summed E-state index contributed by atoms with van der Waals surface area (Å²) in [4.78, 5) is 24.4. The summed E-state index contributed by atoms with van der Waals surface area (Å²) in [7, 11) is 0. The Morgan fingerprint density at radius 3 is 2.69 bits per heavy atom. The van der Waals surface area contributed by atoms with Crippen molar-refractivity contribution < 1.29 is 9.59 Å². The number of anilines is 1. The lowest BCUT2D eigenvalue weighted by molar-refractivity contribution is -0.123. The zero-order valence-electron chi connectivity index (χ0n) is 15.2. The van der Waals surface area contributed by atoms with Crippen molar-refractivity contribution in [3.8, 4) is 0 Å². The van der Waals surface area contributed by atoms with Crippen LogP contribution in [0.15, 0.2) is 54.6 Å². The van der Waals surface area contributed by atoms with Crippen molar-refractivity contribution in [3.05, 3.63) is 65.7 Å². The minimum absolute atomic E-state index is 0.0219. The second-order valence-electron chi connectivity index (χ2n) is 7.08. The highest BCUT2D eigenvalue weighted by atomic mass is 16.2. The van der Waals surface area contributed by atoms with E-state index in [0.29, 0.717) is 19.3 Å².